The second kappa shape index (κ2) is 12.3. The van der Waals surface area contributed by atoms with Crippen molar-refractivity contribution in [3.05, 3.63) is 119 Å². The molecule has 4 nitrogen and oxygen atoms in total. The summed E-state index contributed by atoms with van der Waals surface area (Å²) in [7, 11) is 0. The molecule has 1 aliphatic heterocycles. The van der Waals surface area contributed by atoms with Crippen molar-refractivity contribution in [2.45, 2.75) is 24.9 Å². The number of piperidine rings is 1. The molecule has 0 radical (unpaired) electrons. The standard InChI is InChI=1S/C32H27ClF4N2O2/c33-27-10-5-23(6-11-27)29-20-39(31(40)25-3-1-21(2-4-25)22-7-12-28(34)13-8-22)17-15-24(29)16-18-41-30-14-9-26(19-38-30)32(35,36)37/h1-14,19,24,29H,15-18,20H2/t24-,29+/m0/s1. The number of hydrogen-bond acceptors (Lipinski definition) is 3. The van der Waals surface area contributed by atoms with Crippen molar-refractivity contribution in [1.29, 1.82) is 0 Å². The summed E-state index contributed by atoms with van der Waals surface area (Å²) in [6.07, 6.45) is -2.31. The van der Waals surface area contributed by atoms with Crippen LogP contribution in [0.1, 0.15) is 40.2 Å². The van der Waals surface area contributed by atoms with Crippen LogP contribution in [0.5, 0.6) is 5.88 Å². The minimum absolute atomic E-state index is 0.0209. The number of aromatic nitrogens is 1. The highest BCUT2D eigenvalue weighted by molar-refractivity contribution is 6.30. The zero-order valence-electron chi connectivity index (χ0n) is 22.0. The van der Waals surface area contributed by atoms with Crippen molar-refractivity contribution in [3.8, 4) is 17.0 Å². The van der Waals surface area contributed by atoms with Crippen LogP contribution in [0.15, 0.2) is 91.1 Å². The molecule has 1 saturated heterocycles. The number of amides is 1. The van der Waals surface area contributed by atoms with Gasteiger partial charge in [0, 0.05) is 41.9 Å². The van der Waals surface area contributed by atoms with E-state index in [-0.39, 0.29) is 36.0 Å². The van der Waals surface area contributed by atoms with Crippen molar-refractivity contribution in [2.24, 2.45) is 5.92 Å². The van der Waals surface area contributed by atoms with Gasteiger partial charge in [-0.3, -0.25) is 4.79 Å². The highest BCUT2D eigenvalue weighted by Gasteiger charge is 2.33. The van der Waals surface area contributed by atoms with Gasteiger partial charge in [-0.1, -0.05) is 48.0 Å². The molecule has 0 saturated carbocycles. The van der Waals surface area contributed by atoms with Crippen LogP contribution in [0.4, 0.5) is 17.6 Å². The summed E-state index contributed by atoms with van der Waals surface area (Å²) in [5.41, 5.74) is 2.55. The Morgan fingerprint density at radius 2 is 1.59 bits per heavy atom. The largest absolute Gasteiger partial charge is 0.478 e. The maximum Gasteiger partial charge on any atom is 0.417 e. The highest BCUT2D eigenvalue weighted by atomic mass is 35.5. The monoisotopic (exact) mass is 582 g/mol. The number of ether oxygens (including phenoxy) is 1. The van der Waals surface area contributed by atoms with Gasteiger partial charge in [0.25, 0.3) is 5.91 Å². The molecule has 1 aromatic heterocycles. The lowest BCUT2D eigenvalue weighted by Gasteiger charge is -2.39. The minimum atomic E-state index is -4.45. The SMILES string of the molecule is O=C(c1ccc(-c2ccc(F)cc2)cc1)N1CC[C@@H](CCOc2ccc(C(F)(F)F)cn2)[C@@H](c2ccc(Cl)cc2)C1. The van der Waals surface area contributed by atoms with E-state index in [1.165, 1.54) is 18.2 Å². The van der Waals surface area contributed by atoms with Crippen LogP contribution < -0.4 is 4.74 Å². The zero-order valence-corrected chi connectivity index (χ0v) is 22.7. The number of alkyl halides is 3. The Morgan fingerprint density at radius 3 is 2.20 bits per heavy atom. The van der Waals surface area contributed by atoms with Crippen molar-refractivity contribution < 1.29 is 27.1 Å². The van der Waals surface area contributed by atoms with Gasteiger partial charge < -0.3 is 9.64 Å². The van der Waals surface area contributed by atoms with Crippen molar-refractivity contribution in [1.82, 2.24) is 9.88 Å². The third-order valence-electron chi connectivity index (χ3n) is 7.45. The van der Waals surface area contributed by atoms with E-state index in [1.54, 1.807) is 24.3 Å². The molecule has 5 rings (SSSR count). The van der Waals surface area contributed by atoms with Crippen molar-refractivity contribution in [3.63, 3.8) is 0 Å². The van der Waals surface area contributed by atoms with Crippen molar-refractivity contribution >= 4 is 17.5 Å². The zero-order chi connectivity index (χ0) is 29.0. The van der Waals surface area contributed by atoms with Crippen LogP contribution >= 0.6 is 11.6 Å². The Morgan fingerprint density at radius 1 is 0.927 bits per heavy atom. The first-order chi connectivity index (χ1) is 19.7. The van der Waals surface area contributed by atoms with E-state index in [0.717, 1.165) is 35.4 Å². The summed E-state index contributed by atoms with van der Waals surface area (Å²) >= 11 is 6.12. The summed E-state index contributed by atoms with van der Waals surface area (Å²) in [6.45, 7) is 1.35. The highest BCUT2D eigenvalue weighted by Crippen LogP contribution is 2.36. The molecule has 1 aliphatic rings. The number of carbonyl (C=O) groups excluding carboxylic acids is 1. The number of hydrogen-bond donors (Lipinski definition) is 0. The van der Waals surface area contributed by atoms with E-state index in [4.69, 9.17) is 16.3 Å². The topological polar surface area (TPSA) is 42.4 Å². The molecule has 2 atom stereocenters. The van der Waals surface area contributed by atoms with Crippen molar-refractivity contribution in [2.75, 3.05) is 19.7 Å². The first-order valence-corrected chi connectivity index (χ1v) is 13.6. The quantitative estimate of drug-likeness (QED) is 0.206. The van der Waals surface area contributed by atoms with Crippen LogP contribution in [-0.4, -0.2) is 35.5 Å². The molecule has 0 spiro atoms. The number of pyridine rings is 1. The van der Waals surface area contributed by atoms with E-state index in [2.05, 4.69) is 4.98 Å². The molecule has 1 fully saturated rings. The molecule has 212 valence electrons. The number of rotatable bonds is 7. The van der Waals surface area contributed by atoms with E-state index in [0.29, 0.717) is 30.1 Å². The first kappa shape index (κ1) is 28.6. The Labute approximate surface area is 240 Å². The third-order valence-corrected chi connectivity index (χ3v) is 7.70. The maximum absolute atomic E-state index is 13.5. The number of likely N-dealkylation sites (tertiary alicyclic amines) is 1. The van der Waals surface area contributed by atoms with E-state index in [1.807, 2.05) is 41.3 Å². The van der Waals surface area contributed by atoms with E-state index >= 15 is 0 Å². The van der Waals surface area contributed by atoms with Crippen LogP contribution in [0.25, 0.3) is 11.1 Å². The summed E-state index contributed by atoms with van der Waals surface area (Å²) in [5.74, 6) is -0.0406. The lowest BCUT2D eigenvalue weighted by atomic mass is 9.79. The minimum Gasteiger partial charge on any atom is -0.478 e. The summed E-state index contributed by atoms with van der Waals surface area (Å²) in [6, 6.07) is 23.2. The Bertz CT molecular complexity index is 1460. The number of benzene rings is 3. The fourth-order valence-corrected chi connectivity index (χ4v) is 5.32. The predicted molar refractivity (Wildman–Crippen MR) is 149 cm³/mol. The second-order valence-electron chi connectivity index (χ2n) is 10.1. The molecule has 9 heteroatoms. The number of nitrogens with zero attached hydrogens (tertiary/aromatic N) is 2. The van der Waals surface area contributed by atoms with Gasteiger partial charge in [-0.15, -0.1) is 0 Å². The molecule has 2 heterocycles. The van der Waals surface area contributed by atoms with Gasteiger partial charge in [0.05, 0.1) is 12.2 Å². The molecule has 0 bridgehead atoms. The van der Waals surface area contributed by atoms with Gasteiger partial charge in [-0.05, 0) is 77.9 Å². The lowest BCUT2D eigenvalue weighted by molar-refractivity contribution is -0.137. The molecule has 1 amide bonds. The Hall–Kier alpha value is -3.91. The Balaban J connectivity index is 1.26. The first-order valence-electron chi connectivity index (χ1n) is 13.2. The van der Waals surface area contributed by atoms with Gasteiger partial charge in [0.15, 0.2) is 0 Å². The average molecular weight is 583 g/mol. The second-order valence-corrected chi connectivity index (χ2v) is 10.5. The molecule has 41 heavy (non-hydrogen) atoms. The van der Waals surface area contributed by atoms with Crippen LogP contribution in [0, 0.1) is 11.7 Å². The van der Waals surface area contributed by atoms with Gasteiger partial charge in [0.2, 0.25) is 5.88 Å². The molecule has 4 aromatic rings. The van der Waals surface area contributed by atoms with E-state index in [9.17, 15) is 22.4 Å². The molecular weight excluding hydrogens is 556 g/mol. The van der Waals surface area contributed by atoms with Crippen LogP contribution in [0.3, 0.4) is 0 Å². The number of carbonyl (C=O) groups is 1. The summed E-state index contributed by atoms with van der Waals surface area (Å²) in [5, 5.41) is 0.618. The normalized spacial score (nSPS) is 17.3. The average Bonchev–Trinajstić information content (AvgIpc) is 2.98. The van der Waals surface area contributed by atoms with Gasteiger partial charge in [-0.25, -0.2) is 9.37 Å². The number of halogens is 5. The molecule has 0 unspecified atom stereocenters. The summed E-state index contributed by atoms with van der Waals surface area (Å²) < 4.78 is 57.4. The lowest BCUT2D eigenvalue weighted by Crippen LogP contribution is -2.43. The van der Waals surface area contributed by atoms with Crippen LogP contribution in [0.2, 0.25) is 5.02 Å². The predicted octanol–water partition coefficient (Wildman–Crippen LogP) is 8.27. The fraction of sp³-hybridized carbons (Fsp3) is 0.250. The molecule has 3 aromatic carbocycles. The van der Waals surface area contributed by atoms with Gasteiger partial charge in [-0.2, -0.15) is 13.2 Å². The Kier molecular flexibility index (Phi) is 8.59. The third kappa shape index (κ3) is 7.06. The maximum atomic E-state index is 13.5. The smallest absolute Gasteiger partial charge is 0.417 e. The van der Waals surface area contributed by atoms with Gasteiger partial charge in [0.1, 0.15) is 5.82 Å². The molecule has 0 aliphatic carbocycles. The van der Waals surface area contributed by atoms with Crippen LogP contribution in [-0.2, 0) is 6.18 Å². The summed E-state index contributed by atoms with van der Waals surface area (Å²) in [4.78, 5) is 19.1. The molecule has 0 N–H and O–H groups in total. The van der Waals surface area contributed by atoms with E-state index < -0.39 is 11.7 Å². The fourth-order valence-electron chi connectivity index (χ4n) is 5.20. The van der Waals surface area contributed by atoms with Gasteiger partial charge >= 0.3 is 6.18 Å². The molecular formula is C32H27ClF4N2O2.